The van der Waals surface area contributed by atoms with Gasteiger partial charge in [0.25, 0.3) is 5.91 Å². The van der Waals surface area contributed by atoms with Crippen LogP contribution < -0.4 is 11.5 Å². The monoisotopic (exact) mass is 519 g/mol. The summed E-state index contributed by atoms with van der Waals surface area (Å²) in [6.07, 6.45) is 7.30. The Labute approximate surface area is 225 Å². The average molecular weight is 520 g/mol. The van der Waals surface area contributed by atoms with Crippen LogP contribution in [0.1, 0.15) is 53.3 Å². The number of fused-ring (bicyclic) bond motifs is 3. The van der Waals surface area contributed by atoms with Gasteiger partial charge in [-0.2, -0.15) is 14.7 Å². The molecule has 2 bridgehead atoms. The molecule has 10 heteroatoms. The van der Waals surface area contributed by atoms with E-state index in [0.717, 1.165) is 65.0 Å². The molecule has 10 nitrogen and oxygen atoms in total. The lowest BCUT2D eigenvalue weighted by Gasteiger charge is -2.39. The van der Waals surface area contributed by atoms with Crippen LogP contribution in [0.2, 0.25) is 0 Å². The van der Waals surface area contributed by atoms with Gasteiger partial charge in [-0.05, 0) is 38.7 Å². The third-order valence-electron chi connectivity index (χ3n) is 8.29. The molecule has 39 heavy (non-hydrogen) atoms. The highest BCUT2D eigenvalue weighted by Gasteiger charge is 2.45. The Balaban J connectivity index is 1.21. The normalized spacial score (nSPS) is 20.5. The van der Waals surface area contributed by atoms with E-state index in [1.165, 1.54) is 0 Å². The van der Waals surface area contributed by atoms with Crippen LogP contribution in [-0.2, 0) is 0 Å². The molecule has 2 aliphatic heterocycles. The molecule has 0 spiro atoms. The second-order valence-electron chi connectivity index (χ2n) is 10.6. The number of piperidine rings is 1. The minimum atomic E-state index is -0.0330. The Morgan fingerprint density at radius 1 is 1.00 bits per heavy atom. The molecule has 1 aromatic carbocycles. The van der Waals surface area contributed by atoms with Crippen molar-refractivity contribution in [2.24, 2.45) is 0 Å². The summed E-state index contributed by atoms with van der Waals surface area (Å²) >= 11 is 0. The summed E-state index contributed by atoms with van der Waals surface area (Å²) in [4.78, 5) is 25.1. The lowest BCUT2D eigenvalue weighted by molar-refractivity contribution is 0.0563. The summed E-state index contributed by atoms with van der Waals surface area (Å²) in [5, 5.41) is 11.3. The fraction of sp³-hybridized carbons (Fsp3) is 0.276. The van der Waals surface area contributed by atoms with Gasteiger partial charge in [-0.3, -0.25) is 14.9 Å². The molecule has 0 radical (unpaired) electrons. The number of aromatic amines is 1. The molecule has 6 heterocycles. The number of pyridine rings is 1. The van der Waals surface area contributed by atoms with Crippen LogP contribution in [0.15, 0.2) is 60.9 Å². The predicted molar refractivity (Wildman–Crippen MR) is 149 cm³/mol. The van der Waals surface area contributed by atoms with E-state index < -0.39 is 0 Å². The van der Waals surface area contributed by atoms with Crippen molar-refractivity contribution in [3.05, 3.63) is 77.9 Å². The molecular formula is C29H29N9O. The molecule has 5 N–H and O–H groups in total. The Bertz CT molecular complexity index is 1680. The molecule has 2 fully saturated rings. The number of benzene rings is 1. The van der Waals surface area contributed by atoms with Crippen molar-refractivity contribution in [3.8, 4) is 22.4 Å². The van der Waals surface area contributed by atoms with E-state index in [4.69, 9.17) is 21.4 Å². The van der Waals surface area contributed by atoms with E-state index >= 15 is 0 Å². The number of carbonyl (C=O) groups is 1. The first kappa shape index (κ1) is 23.4. The van der Waals surface area contributed by atoms with Crippen molar-refractivity contribution in [1.29, 1.82) is 0 Å². The van der Waals surface area contributed by atoms with E-state index in [1.807, 2.05) is 60.6 Å². The van der Waals surface area contributed by atoms with E-state index in [0.29, 0.717) is 17.3 Å². The van der Waals surface area contributed by atoms with Gasteiger partial charge in [0.2, 0.25) is 0 Å². The summed E-state index contributed by atoms with van der Waals surface area (Å²) in [6.45, 7) is 2.02. The number of nitrogens with zero attached hydrogens (tertiary/aromatic N) is 6. The highest BCUT2D eigenvalue weighted by atomic mass is 16.2. The van der Waals surface area contributed by atoms with Crippen molar-refractivity contribution in [3.63, 3.8) is 0 Å². The van der Waals surface area contributed by atoms with Crippen molar-refractivity contribution in [2.45, 2.75) is 50.6 Å². The SMILES string of the molecule is Cc1c(C2CC3CC[C@@H](C2)N3C(=O)c2cc(N)n[nH]2)nc2c(-c3ccc(-c4ccccc4)nc3)cnn2c1N. The van der Waals surface area contributed by atoms with Gasteiger partial charge in [-0.25, -0.2) is 4.98 Å². The largest absolute Gasteiger partial charge is 0.383 e. The number of hydrogen-bond donors (Lipinski definition) is 3. The van der Waals surface area contributed by atoms with Gasteiger partial charge in [0.15, 0.2) is 5.65 Å². The van der Waals surface area contributed by atoms with Crippen LogP contribution in [0, 0.1) is 6.92 Å². The third-order valence-corrected chi connectivity index (χ3v) is 8.29. The molecular weight excluding hydrogens is 490 g/mol. The summed E-state index contributed by atoms with van der Waals surface area (Å²) in [5.74, 6) is 1.08. The van der Waals surface area contributed by atoms with Gasteiger partial charge in [0.1, 0.15) is 17.3 Å². The summed E-state index contributed by atoms with van der Waals surface area (Å²) in [5.41, 5.74) is 19.3. The third kappa shape index (κ3) is 3.82. The van der Waals surface area contributed by atoms with Gasteiger partial charge < -0.3 is 16.4 Å². The molecule has 0 saturated carbocycles. The molecule has 2 aliphatic rings. The fourth-order valence-corrected chi connectivity index (χ4v) is 6.37. The van der Waals surface area contributed by atoms with Gasteiger partial charge in [0.05, 0.1) is 17.6 Å². The zero-order chi connectivity index (χ0) is 26.7. The number of carbonyl (C=O) groups excluding carboxylic acids is 1. The van der Waals surface area contributed by atoms with Crippen molar-refractivity contribution in [2.75, 3.05) is 11.5 Å². The van der Waals surface area contributed by atoms with Crippen LogP contribution in [0.25, 0.3) is 28.0 Å². The maximum absolute atomic E-state index is 13.2. The Kier molecular flexibility index (Phi) is 5.36. The number of nitrogen functional groups attached to an aromatic ring is 2. The van der Waals surface area contributed by atoms with E-state index in [-0.39, 0.29) is 23.9 Å². The molecule has 3 atom stereocenters. The van der Waals surface area contributed by atoms with E-state index in [9.17, 15) is 4.79 Å². The van der Waals surface area contributed by atoms with E-state index in [2.05, 4.69) is 21.4 Å². The van der Waals surface area contributed by atoms with Gasteiger partial charge >= 0.3 is 0 Å². The van der Waals surface area contributed by atoms with Crippen LogP contribution in [0.4, 0.5) is 11.6 Å². The standard InChI is InChI=1S/C29H29N9O/c1-16-26(19-11-20-8-9-21(12-19)37(20)29(39)24-13-25(30)36-35-24)34-28-22(15-33-38(28)27(16)31)18-7-10-23(32-14-18)17-5-3-2-4-6-17/h2-7,10,13-15,19-21H,8-9,11-12,31H2,1H3,(H3,30,35,36)/t19?,20-,21?/m0/s1. The van der Waals surface area contributed by atoms with Crippen molar-refractivity contribution >= 4 is 23.2 Å². The fourth-order valence-electron chi connectivity index (χ4n) is 6.37. The number of H-pyrrole nitrogens is 1. The maximum atomic E-state index is 13.2. The minimum Gasteiger partial charge on any atom is -0.383 e. The lowest BCUT2D eigenvalue weighted by Crippen LogP contribution is -2.46. The zero-order valence-corrected chi connectivity index (χ0v) is 21.6. The van der Waals surface area contributed by atoms with Crippen LogP contribution in [0.5, 0.6) is 0 Å². The second kappa shape index (κ2) is 8.93. The van der Waals surface area contributed by atoms with Crippen LogP contribution >= 0.6 is 0 Å². The number of nitrogens with two attached hydrogens (primary N) is 2. The van der Waals surface area contributed by atoms with Crippen LogP contribution in [0.3, 0.4) is 0 Å². The molecule has 5 aromatic rings. The maximum Gasteiger partial charge on any atom is 0.272 e. The number of amides is 1. The zero-order valence-electron chi connectivity index (χ0n) is 21.6. The first-order valence-electron chi connectivity index (χ1n) is 13.3. The van der Waals surface area contributed by atoms with Crippen molar-refractivity contribution in [1.82, 2.24) is 34.7 Å². The first-order valence-corrected chi connectivity index (χ1v) is 13.3. The van der Waals surface area contributed by atoms with E-state index in [1.54, 1.807) is 10.6 Å². The Hall–Kier alpha value is -4.73. The predicted octanol–water partition coefficient (Wildman–Crippen LogP) is 4.21. The Morgan fingerprint density at radius 2 is 1.77 bits per heavy atom. The second-order valence-corrected chi connectivity index (χ2v) is 10.6. The summed E-state index contributed by atoms with van der Waals surface area (Å²) in [6, 6.07) is 16.1. The topological polar surface area (TPSA) is 144 Å². The minimum absolute atomic E-state index is 0.0330. The molecule has 7 rings (SSSR count). The highest BCUT2D eigenvalue weighted by Crippen LogP contribution is 2.45. The molecule has 4 aromatic heterocycles. The number of rotatable bonds is 4. The van der Waals surface area contributed by atoms with Crippen LogP contribution in [-0.4, -0.2) is 52.7 Å². The lowest BCUT2D eigenvalue weighted by atomic mass is 9.86. The molecule has 2 unspecified atom stereocenters. The quantitative estimate of drug-likeness (QED) is 0.323. The van der Waals surface area contributed by atoms with Gasteiger partial charge in [-0.1, -0.05) is 36.4 Å². The summed E-state index contributed by atoms with van der Waals surface area (Å²) < 4.78 is 1.72. The average Bonchev–Trinajstić information content (AvgIpc) is 3.66. The van der Waals surface area contributed by atoms with Crippen molar-refractivity contribution < 1.29 is 4.79 Å². The molecule has 2 saturated heterocycles. The summed E-state index contributed by atoms with van der Waals surface area (Å²) in [7, 11) is 0. The van der Waals surface area contributed by atoms with Gasteiger partial charge in [0, 0.05) is 52.5 Å². The Morgan fingerprint density at radius 3 is 2.44 bits per heavy atom. The number of aromatic nitrogens is 6. The highest BCUT2D eigenvalue weighted by molar-refractivity contribution is 5.93. The molecule has 1 amide bonds. The number of nitrogens with one attached hydrogen (secondary N) is 1. The molecule has 0 aliphatic carbocycles. The smallest absolute Gasteiger partial charge is 0.272 e. The number of anilines is 2. The number of hydrogen-bond acceptors (Lipinski definition) is 7. The first-order chi connectivity index (χ1) is 19.0. The van der Waals surface area contributed by atoms with Gasteiger partial charge in [-0.15, -0.1) is 0 Å². The molecule has 196 valence electrons.